The summed E-state index contributed by atoms with van der Waals surface area (Å²) in [6.07, 6.45) is 42.7. The van der Waals surface area contributed by atoms with Crippen molar-refractivity contribution in [3.8, 4) is 0 Å². The van der Waals surface area contributed by atoms with Gasteiger partial charge in [0.2, 0.25) is 0 Å². The van der Waals surface area contributed by atoms with Gasteiger partial charge in [0.25, 0.3) is 0 Å². The van der Waals surface area contributed by atoms with Crippen molar-refractivity contribution < 1.29 is 14.7 Å². The molecule has 0 spiro atoms. The maximum Gasteiger partial charge on any atom is 0.150 e. The summed E-state index contributed by atoms with van der Waals surface area (Å²) in [5.74, 6) is -0.219. The lowest BCUT2D eigenvalue weighted by molar-refractivity contribution is -0.156. The maximum atomic E-state index is 13.3. The quantitative estimate of drug-likeness (QED) is 0.0349. The Balaban J connectivity index is 4.21. The second-order valence-corrected chi connectivity index (χ2v) is 13.3. The Kier molecular flexibility index (Phi) is 29.6. The average molecular weight is 628 g/mol. The summed E-state index contributed by atoms with van der Waals surface area (Å²) in [4.78, 5) is 28.2. The van der Waals surface area contributed by atoms with E-state index in [9.17, 15) is 14.7 Å². The van der Waals surface area contributed by atoms with Gasteiger partial charge < -0.3 is 5.11 Å². The highest BCUT2D eigenvalue weighted by molar-refractivity contribution is 6.07. The molecule has 45 heavy (non-hydrogen) atoms. The predicted octanol–water partition coefficient (Wildman–Crippen LogP) is 11.6. The number of carbonyl (C=O) groups excluding carboxylic acids is 2. The fourth-order valence-electron chi connectivity index (χ4n) is 5.67. The first kappa shape index (κ1) is 43.2. The van der Waals surface area contributed by atoms with Gasteiger partial charge >= 0.3 is 0 Å². The van der Waals surface area contributed by atoms with E-state index >= 15 is 0 Å². The molecule has 1 N–H and O–H groups in total. The molecule has 0 amide bonds. The molecule has 4 nitrogen and oxygen atoms in total. The van der Waals surface area contributed by atoms with Gasteiger partial charge in [-0.3, -0.25) is 14.5 Å². The van der Waals surface area contributed by atoms with Gasteiger partial charge in [0.05, 0.1) is 0 Å². The minimum absolute atomic E-state index is 0.109. The molecule has 0 aromatic heterocycles. The Morgan fingerprint density at radius 3 is 1.18 bits per heavy atom. The van der Waals surface area contributed by atoms with Gasteiger partial charge in [0.1, 0.15) is 23.2 Å². The van der Waals surface area contributed by atoms with E-state index in [0.29, 0.717) is 12.8 Å². The van der Waals surface area contributed by atoms with E-state index in [0.717, 1.165) is 77.0 Å². The lowest BCUT2D eigenvalue weighted by Crippen LogP contribution is -2.52. The van der Waals surface area contributed by atoms with Crippen LogP contribution in [0.25, 0.3) is 0 Å². The van der Waals surface area contributed by atoms with Gasteiger partial charge in [-0.15, -0.1) is 0 Å². The van der Waals surface area contributed by atoms with Crippen molar-refractivity contribution in [1.82, 2.24) is 4.90 Å². The lowest BCUT2D eigenvalue weighted by Gasteiger charge is -2.35. The summed E-state index contributed by atoms with van der Waals surface area (Å²) >= 11 is 0. The summed E-state index contributed by atoms with van der Waals surface area (Å²) in [6, 6.07) is 0. The maximum absolute atomic E-state index is 13.3. The Morgan fingerprint density at radius 2 is 0.844 bits per heavy atom. The van der Waals surface area contributed by atoms with E-state index in [1.807, 2.05) is 0 Å². The molecule has 0 radical (unpaired) electrons. The number of aliphatic hydroxyl groups is 1. The van der Waals surface area contributed by atoms with E-state index in [2.05, 4.69) is 62.5 Å². The summed E-state index contributed by atoms with van der Waals surface area (Å²) in [5, 5.41) is 10.9. The number of hydrogen-bond acceptors (Lipinski definition) is 4. The molecular weight excluding hydrogens is 554 g/mol. The van der Waals surface area contributed by atoms with E-state index in [4.69, 9.17) is 0 Å². The van der Waals surface area contributed by atoms with Gasteiger partial charge in [-0.2, -0.15) is 0 Å². The summed E-state index contributed by atoms with van der Waals surface area (Å²) in [7, 11) is 3.47. The van der Waals surface area contributed by atoms with Crippen LogP contribution in [0.4, 0.5) is 0 Å². The molecule has 0 aromatic carbocycles. The average Bonchev–Trinajstić information content (AvgIpc) is 3.03. The van der Waals surface area contributed by atoms with Gasteiger partial charge in [0.15, 0.2) is 0 Å². The van der Waals surface area contributed by atoms with Crippen molar-refractivity contribution in [1.29, 1.82) is 0 Å². The van der Waals surface area contributed by atoms with E-state index in [-0.39, 0.29) is 11.6 Å². The molecule has 0 aliphatic carbocycles. The van der Waals surface area contributed by atoms with Crippen LogP contribution in [0.3, 0.4) is 0 Å². The standard InChI is InChI=1S/C41H73NO3/c1-6-8-10-12-14-16-18-20-22-24-26-28-30-32-34-36-38(43)41(3,40(45)42(4)5)39(44)37-35-33-31-29-27-25-23-21-19-17-15-13-11-9-7-2/h14-17,20-23,40,45H,6-13,18-19,24-37H2,1-5H3/b16-14-,17-15-,22-20-,23-21-. The summed E-state index contributed by atoms with van der Waals surface area (Å²) in [5.41, 5.74) is -1.35. The fourth-order valence-corrected chi connectivity index (χ4v) is 5.67. The number of nitrogens with zero attached hydrogens (tertiary/aromatic N) is 1. The first-order valence-corrected chi connectivity index (χ1v) is 18.8. The highest BCUT2D eigenvalue weighted by Gasteiger charge is 2.46. The Bertz CT molecular complexity index is 765. The van der Waals surface area contributed by atoms with Crippen LogP contribution in [-0.2, 0) is 9.59 Å². The van der Waals surface area contributed by atoms with Crippen LogP contribution in [0.5, 0.6) is 0 Å². The molecule has 0 rings (SSSR count). The molecule has 0 aliphatic heterocycles. The first-order chi connectivity index (χ1) is 21.8. The highest BCUT2D eigenvalue weighted by Crippen LogP contribution is 2.31. The Morgan fingerprint density at radius 1 is 0.533 bits per heavy atom. The second-order valence-electron chi connectivity index (χ2n) is 13.3. The number of aliphatic hydroxyl groups excluding tert-OH is 1. The van der Waals surface area contributed by atoms with Crippen LogP contribution < -0.4 is 0 Å². The third-order valence-corrected chi connectivity index (χ3v) is 8.87. The lowest BCUT2D eigenvalue weighted by atomic mass is 9.75. The van der Waals surface area contributed by atoms with Crippen molar-refractivity contribution in [3.05, 3.63) is 48.6 Å². The topological polar surface area (TPSA) is 57.6 Å². The number of allylic oxidation sites excluding steroid dienone is 8. The van der Waals surface area contributed by atoms with Gasteiger partial charge in [-0.25, -0.2) is 0 Å². The SMILES string of the molecule is CCCCC/C=C\C/C=C\CCCCCCCC(=O)C(C)(C(=O)CCCCCCC/C=C\C/C=C\CCCCC)C(O)N(C)C. The molecule has 0 heterocycles. The molecule has 4 heteroatoms. The Hall–Kier alpha value is -1.78. The molecule has 0 saturated carbocycles. The van der Waals surface area contributed by atoms with Crippen molar-refractivity contribution in [2.24, 2.45) is 5.41 Å². The van der Waals surface area contributed by atoms with E-state index in [1.165, 1.54) is 64.2 Å². The molecule has 0 bridgehead atoms. The van der Waals surface area contributed by atoms with E-state index in [1.54, 1.807) is 25.9 Å². The molecule has 260 valence electrons. The van der Waals surface area contributed by atoms with Crippen molar-refractivity contribution in [2.75, 3.05) is 14.1 Å². The van der Waals surface area contributed by atoms with Crippen LogP contribution in [0, 0.1) is 5.41 Å². The summed E-state index contributed by atoms with van der Waals surface area (Å²) in [6.45, 7) is 6.15. The number of carbonyl (C=O) groups is 2. The van der Waals surface area contributed by atoms with Crippen LogP contribution in [0.1, 0.15) is 175 Å². The normalized spacial score (nSPS) is 13.4. The molecule has 0 aliphatic rings. The van der Waals surface area contributed by atoms with Crippen LogP contribution >= 0.6 is 0 Å². The summed E-state index contributed by atoms with van der Waals surface area (Å²) < 4.78 is 0. The minimum Gasteiger partial charge on any atom is -0.377 e. The third kappa shape index (κ3) is 23.2. The second kappa shape index (κ2) is 30.9. The van der Waals surface area contributed by atoms with Crippen molar-refractivity contribution in [3.63, 3.8) is 0 Å². The molecular formula is C41H73NO3. The Labute approximate surface area is 279 Å². The van der Waals surface area contributed by atoms with Crippen molar-refractivity contribution >= 4 is 11.6 Å². The zero-order chi connectivity index (χ0) is 33.4. The van der Waals surface area contributed by atoms with E-state index < -0.39 is 11.6 Å². The zero-order valence-corrected chi connectivity index (χ0v) is 30.4. The number of rotatable bonds is 32. The molecule has 0 saturated heterocycles. The van der Waals surface area contributed by atoms with Gasteiger partial charge in [0, 0.05) is 12.8 Å². The highest BCUT2D eigenvalue weighted by atomic mass is 16.3. The molecule has 0 fully saturated rings. The monoisotopic (exact) mass is 628 g/mol. The van der Waals surface area contributed by atoms with Crippen LogP contribution in [0.15, 0.2) is 48.6 Å². The number of Topliss-reactive ketones (excluding diaryl/α,β-unsaturated/α-hetero) is 2. The largest absolute Gasteiger partial charge is 0.377 e. The predicted molar refractivity (Wildman–Crippen MR) is 197 cm³/mol. The smallest absolute Gasteiger partial charge is 0.150 e. The molecule has 0 aromatic rings. The van der Waals surface area contributed by atoms with Crippen molar-refractivity contribution in [2.45, 2.75) is 181 Å². The van der Waals surface area contributed by atoms with Crippen LogP contribution in [-0.4, -0.2) is 41.9 Å². The fraction of sp³-hybridized carbons (Fsp3) is 0.756. The number of unbranched alkanes of at least 4 members (excludes halogenated alkanes) is 16. The zero-order valence-electron chi connectivity index (χ0n) is 30.4. The molecule has 1 atom stereocenters. The molecule has 1 unspecified atom stereocenters. The third-order valence-electron chi connectivity index (χ3n) is 8.87. The van der Waals surface area contributed by atoms with Crippen LogP contribution in [0.2, 0.25) is 0 Å². The number of hydrogen-bond donors (Lipinski definition) is 1. The number of ketones is 2. The first-order valence-electron chi connectivity index (χ1n) is 18.8. The van der Waals surface area contributed by atoms with Gasteiger partial charge in [-0.05, 0) is 98.1 Å². The van der Waals surface area contributed by atoms with Gasteiger partial charge in [-0.1, -0.05) is 127 Å². The minimum atomic E-state index is -1.35.